The second-order valence-corrected chi connectivity index (χ2v) is 7.30. The van der Waals surface area contributed by atoms with Crippen molar-refractivity contribution in [3.05, 3.63) is 95.3 Å². The fraction of sp³-hybridized carbons (Fsp3) is 0.240. The van der Waals surface area contributed by atoms with Crippen LogP contribution in [0.3, 0.4) is 0 Å². The third kappa shape index (κ3) is 6.01. The van der Waals surface area contributed by atoms with Gasteiger partial charge in [0, 0.05) is 31.0 Å². The topological polar surface area (TPSA) is 62.3 Å². The van der Waals surface area contributed by atoms with Crippen LogP contribution < -0.4 is 10.2 Å². The predicted molar refractivity (Wildman–Crippen MR) is 119 cm³/mol. The van der Waals surface area contributed by atoms with E-state index in [0.29, 0.717) is 25.9 Å². The Labute approximate surface area is 177 Å². The summed E-state index contributed by atoms with van der Waals surface area (Å²) in [4.78, 5) is 30.5. The first-order valence-electron chi connectivity index (χ1n) is 10.2. The molecule has 3 rings (SSSR count). The molecule has 0 saturated heterocycles. The van der Waals surface area contributed by atoms with E-state index in [-0.39, 0.29) is 11.8 Å². The van der Waals surface area contributed by atoms with E-state index in [1.165, 1.54) is 5.56 Å². The number of amides is 2. The van der Waals surface area contributed by atoms with Gasteiger partial charge in [-0.15, -0.1) is 0 Å². The van der Waals surface area contributed by atoms with E-state index >= 15 is 0 Å². The lowest BCUT2D eigenvalue weighted by molar-refractivity contribution is -0.120. The summed E-state index contributed by atoms with van der Waals surface area (Å²) in [5, 5.41) is 2.92. The maximum absolute atomic E-state index is 12.5. The minimum Gasteiger partial charge on any atom is -0.352 e. The van der Waals surface area contributed by atoms with Gasteiger partial charge in [-0.05, 0) is 47.9 Å². The van der Waals surface area contributed by atoms with E-state index in [4.69, 9.17) is 0 Å². The number of aryl methyl sites for hydroxylation is 1. The molecule has 0 bridgehead atoms. The molecule has 0 aliphatic carbocycles. The summed E-state index contributed by atoms with van der Waals surface area (Å²) in [6.45, 7) is 4.92. The fourth-order valence-electron chi connectivity index (χ4n) is 3.25. The molecule has 0 fully saturated rings. The molecule has 0 aliphatic heterocycles. The van der Waals surface area contributed by atoms with Gasteiger partial charge in [0.2, 0.25) is 11.8 Å². The molecule has 1 N–H and O–H groups in total. The summed E-state index contributed by atoms with van der Waals surface area (Å²) in [5.74, 6) is 0.0279. The summed E-state index contributed by atoms with van der Waals surface area (Å²) in [6.07, 6.45) is 4.15. The minimum absolute atomic E-state index is 0.0409. The number of carbonyl (C=O) groups excluding carboxylic acids is 2. The van der Waals surface area contributed by atoms with E-state index in [9.17, 15) is 9.59 Å². The number of hydrogen-bond donors (Lipinski definition) is 1. The molecule has 0 spiro atoms. The van der Waals surface area contributed by atoms with Gasteiger partial charge < -0.3 is 10.2 Å². The van der Waals surface area contributed by atoms with Crippen LogP contribution in [0.1, 0.15) is 35.6 Å². The molecule has 0 unspecified atom stereocenters. The number of hydrogen-bond acceptors (Lipinski definition) is 3. The summed E-state index contributed by atoms with van der Waals surface area (Å²) in [6, 6.07) is 19.6. The van der Waals surface area contributed by atoms with Gasteiger partial charge in [0.05, 0.1) is 13.0 Å². The molecule has 2 amide bonds. The Morgan fingerprint density at radius 1 is 0.933 bits per heavy atom. The quantitative estimate of drug-likeness (QED) is 0.616. The smallest absolute Gasteiger partial charge is 0.227 e. The molecule has 30 heavy (non-hydrogen) atoms. The highest BCUT2D eigenvalue weighted by Crippen LogP contribution is 2.20. The van der Waals surface area contributed by atoms with E-state index in [2.05, 4.69) is 16.4 Å². The van der Waals surface area contributed by atoms with Gasteiger partial charge in [-0.1, -0.05) is 48.9 Å². The zero-order valence-corrected chi connectivity index (χ0v) is 17.5. The molecule has 1 heterocycles. The number of pyridine rings is 1. The Balaban J connectivity index is 1.64. The number of aromatic nitrogens is 1. The highest BCUT2D eigenvalue weighted by atomic mass is 16.2. The first-order valence-corrected chi connectivity index (χ1v) is 10.2. The van der Waals surface area contributed by atoms with Crippen molar-refractivity contribution in [1.82, 2.24) is 10.3 Å². The molecule has 1 aromatic heterocycles. The number of nitrogens with one attached hydrogen (secondary N) is 1. The molecule has 2 aromatic carbocycles. The molecule has 0 radical (unpaired) electrons. The molecule has 3 aromatic rings. The van der Waals surface area contributed by atoms with Crippen molar-refractivity contribution in [3.8, 4) is 0 Å². The Morgan fingerprint density at radius 2 is 1.67 bits per heavy atom. The molecule has 0 aliphatic rings. The Kier molecular flexibility index (Phi) is 7.33. The maximum Gasteiger partial charge on any atom is 0.227 e. The van der Waals surface area contributed by atoms with Crippen LogP contribution in [0, 0.1) is 6.92 Å². The second-order valence-electron chi connectivity index (χ2n) is 7.30. The first-order chi connectivity index (χ1) is 14.5. The fourth-order valence-corrected chi connectivity index (χ4v) is 3.25. The zero-order valence-electron chi connectivity index (χ0n) is 17.5. The molecule has 154 valence electrons. The van der Waals surface area contributed by atoms with E-state index in [0.717, 1.165) is 22.4 Å². The van der Waals surface area contributed by atoms with Crippen LogP contribution in [0.15, 0.2) is 73.1 Å². The van der Waals surface area contributed by atoms with Gasteiger partial charge >= 0.3 is 0 Å². The molecule has 0 atom stereocenters. The van der Waals surface area contributed by atoms with Gasteiger partial charge in [0.1, 0.15) is 0 Å². The standard InChI is InChI=1S/C25H27N3O2/c1-3-25(30)28(18-22-6-4-5-19(2)15-22)23-9-7-20(8-10-23)16-24(29)27-17-21-11-13-26-14-12-21/h4-15H,3,16-18H2,1-2H3,(H,27,29). The van der Waals surface area contributed by atoms with Gasteiger partial charge in [0.15, 0.2) is 0 Å². The molecule has 5 nitrogen and oxygen atoms in total. The predicted octanol–water partition coefficient (Wildman–Crippen LogP) is 4.19. The van der Waals surface area contributed by atoms with E-state index in [1.807, 2.05) is 68.4 Å². The second kappa shape index (κ2) is 10.3. The molecular weight excluding hydrogens is 374 g/mol. The Morgan fingerprint density at radius 3 is 2.33 bits per heavy atom. The number of carbonyl (C=O) groups is 2. The average molecular weight is 402 g/mol. The lowest BCUT2D eigenvalue weighted by atomic mass is 10.1. The van der Waals surface area contributed by atoms with Gasteiger partial charge in [-0.3, -0.25) is 14.6 Å². The lowest BCUT2D eigenvalue weighted by Gasteiger charge is -2.23. The summed E-state index contributed by atoms with van der Waals surface area (Å²) in [5.41, 5.74) is 5.02. The molecule has 5 heteroatoms. The monoisotopic (exact) mass is 401 g/mol. The van der Waals surface area contributed by atoms with Crippen molar-refractivity contribution < 1.29 is 9.59 Å². The Hall–Kier alpha value is -3.47. The van der Waals surface area contributed by atoms with Crippen LogP contribution in [0.4, 0.5) is 5.69 Å². The van der Waals surface area contributed by atoms with Crippen molar-refractivity contribution in [2.24, 2.45) is 0 Å². The van der Waals surface area contributed by atoms with Gasteiger partial charge in [0.25, 0.3) is 0 Å². The largest absolute Gasteiger partial charge is 0.352 e. The minimum atomic E-state index is -0.0409. The van der Waals surface area contributed by atoms with Crippen LogP contribution in [0.25, 0.3) is 0 Å². The zero-order chi connectivity index (χ0) is 21.3. The molecule has 0 saturated carbocycles. The lowest BCUT2D eigenvalue weighted by Crippen LogP contribution is -2.29. The highest BCUT2D eigenvalue weighted by Gasteiger charge is 2.15. The third-order valence-corrected chi connectivity index (χ3v) is 4.88. The number of nitrogens with zero attached hydrogens (tertiary/aromatic N) is 2. The maximum atomic E-state index is 12.5. The van der Waals surface area contributed by atoms with Crippen molar-refractivity contribution >= 4 is 17.5 Å². The first kappa shape index (κ1) is 21.2. The SMILES string of the molecule is CCC(=O)N(Cc1cccc(C)c1)c1ccc(CC(=O)NCc2ccncc2)cc1. The third-order valence-electron chi connectivity index (χ3n) is 4.88. The van der Waals surface area contributed by atoms with Crippen LogP contribution in [0.5, 0.6) is 0 Å². The van der Waals surface area contributed by atoms with E-state index < -0.39 is 0 Å². The number of rotatable bonds is 8. The van der Waals surface area contributed by atoms with E-state index in [1.54, 1.807) is 17.3 Å². The van der Waals surface area contributed by atoms with Crippen molar-refractivity contribution in [2.45, 2.75) is 39.8 Å². The van der Waals surface area contributed by atoms with Gasteiger partial charge in [-0.25, -0.2) is 0 Å². The normalized spacial score (nSPS) is 10.5. The summed E-state index contributed by atoms with van der Waals surface area (Å²) < 4.78 is 0. The molecular formula is C25H27N3O2. The van der Waals surface area contributed by atoms with Crippen LogP contribution >= 0.6 is 0 Å². The van der Waals surface area contributed by atoms with Gasteiger partial charge in [-0.2, -0.15) is 0 Å². The van der Waals surface area contributed by atoms with Crippen molar-refractivity contribution in [3.63, 3.8) is 0 Å². The van der Waals surface area contributed by atoms with Crippen LogP contribution in [0.2, 0.25) is 0 Å². The van der Waals surface area contributed by atoms with Crippen molar-refractivity contribution in [1.29, 1.82) is 0 Å². The Bertz CT molecular complexity index is 985. The summed E-state index contributed by atoms with van der Waals surface area (Å²) in [7, 11) is 0. The number of anilines is 1. The van der Waals surface area contributed by atoms with Crippen molar-refractivity contribution in [2.75, 3.05) is 4.90 Å². The van der Waals surface area contributed by atoms with Crippen LogP contribution in [-0.4, -0.2) is 16.8 Å². The average Bonchev–Trinajstić information content (AvgIpc) is 2.77. The highest BCUT2D eigenvalue weighted by molar-refractivity contribution is 5.93. The summed E-state index contributed by atoms with van der Waals surface area (Å²) >= 11 is 0. The van der Waals surface area contributed by atoms with Crippen LogP contribution in [-0.2, 0) is 29.1 Å². The number of benzene rings is 2.